The van der Waals surface area contributed by atoms with E-state index in [2.05, 4.69) is 10.3 Å². The van der Waals surface area contributed by atoms with Crippen molar-refractivity contribution in [3.05, 3.63) is 52.9 Å². The molecule has 0 amide bonds. The van der Waals surface area contributed by atoms with E-state index in [4.69, 9.17) is 11.6 Å². The van der Waals surface area contributed by atoms with E-state index in [0.717, 1.165) is 11.3 Å². The number of halogens is 2. The zero-order valence-corrected chi connectivity index (χ0v) is 9.42. The zero-order valence-electron chi connectivity index (χ0n) is 8.67. The number of aryl methyl sites for hydroxylation is 1. The highest BCUT2D eigenvalue weighted by Gasteiger charge is 2.01. The molecule has 0 saturated heterocycles. The number of anilines is 2. The Bertz CT molecular complexity index is 514. The van der Waals surface area contributed by atoms with Gasteiger partial charge < -0.3 is 5.32 Å². The van der Waals surface area contributed by atoms with Gasteiger partial charge in [0.05, 0.1) is 0 Å². The Labute approximate surface area is 98.1 Å². The summed E-state index contributed by atoms with van der Waals surface area (Å²) in [7, 11) is 0. The zero-order chi connectivity index (χ0) is 11.5. The maximum atomic E-state index is 12.9. The number of nitrogens with zero attached hydrogens (tertiary/aromatic N) is 1. The number of benzene rings is 1. The van der Waals surface area contributed by atoms with E-state index in [1.165, 1.54) is 12.1 Å². The SMILES string of the molecule is Cc1cc(F)ccc1Nc1cccc(Cl)n1. The first-order valence-corrected chi connectivity index (χ1v) is 5.19. The number of rotatable bonds is 2. The molecular formula is C12H10ClFN2. The molecule has 0 bridgehead atoms. The van der Waals surface area contributed by atoms with Gasteiger partial charge >= 0.3 is 0 Å². The highest BCUT2D eigenvalue weighted by molar-refractivity contribution is 6.29. The van der Waals surface area contributed by atoms with Gasteiger partial charge in [-0.2, -0.15) is 0 Å². The minimum Gasteiger partial charge on any atom is -0.340 e. The van der Waals surface area contributed by atoms with Crippen LogP contribution in [0.1, 0.15) is 5.56 Å². The molecule has 0 aliphatic heterocycles. The van der Waals surface area contributed by atoms with Crippen LogP contribution in [-0.2, 0) is 0 Å². The van der Waals surface area contributed by atoms with Crippen LogP contribution in [0.5, 0.6) is 0 Å². The lowest BCUT2D eigenvalue weighted by Gasteiger charge is -2.08. The Morgan fingerprint density at radius 3 is 2.75 bits per heavy atom. The summed E-state index contributed by atoms with van der Waals surface area (Å²) in [6.45, 7) is 1.83. The molecule has 0 radical (unpaired) electrons. The predicted octanol–water partition coefficient (Wildman–Crippen LogP) is 3.93. The van der Waals surface area contributed by atoms with Gasteiger partial charge in [-0.05, 0) is 42.8 Å². The van der Waals surface area contributed by atoms with Crippen LogP contribution in [0.3, 0.4) is 0 Å². The maximum Gasteiger partial charge on any atom is 0.132 e. The lowest BCUT2D eigenvalue weighted by Crippen LogP contribution is -1.95. The fourth-order valence-electron chi connectivity index (χ4n) is 1.38. The van der Waals surface area contributed by atoms with Crippen LogP contribution in [-0.4, -0.2) is 4.98 Å². The molecule has 0 aliphatic rings. The highest BCUT2D eigenvalue weighted by Crippen LogP contribution is 2.20. The average Bonchev–Trinajstić information content (AvgIpc) is 2.22. The monoisotopic (exact) mass is 236 g/mol. The van der Waals surface area contributed by atoms with E-state index >= 15 is 0 Å². The molecule has 82 valence electrons. The lowest BCUT2D eigenvalue weighted by molar-refractivity contribution is 0.627. The molecule has 0 fully saturated rings. The van der Waals surface area contributed by atoms with Crippen LogP contribution >= 0.6 is 11.6 Å². The van der Waals surface area contributed by atoms with E-state index in [1.54, 1.807) is 24.3 Å². The van der Waals surface area contributed by atoms with Gasteiger partial charge in [0.25, 0.3) is 0 Å². The van der Waals surface area contributed by atoms with Crippen LogP contribution < -0.4 is 5.32 Å². The van der Waals surface area contributed by atoms with Crippen molar-refractivity contribution < 1.29 is 4.39 Å². The Hall–Kier alpha value is -1.61. The van der Waals surface area contributed by atoms with Crippen LogP contribution in [0.2, 0.25) is 5.15 Å². The molecule has 1 heterocycles. The summed E-state index contributed by atoms with van der Waals surface area (Å²) >= 11 is 5.76. The fraction of sp³-hybridized carbons (Fsp3) is 0.0833. The summed E-state index contributed by atoms with van der Waals surface area (Å²) < 4.78 is 12.9. The van der Waals surface area contributed by atoms with Crippen molar-refractivity contribution in [1.82, 2.24) is 4.98 Å². The van der Waals surface area contributed by atoms with Crippen molar-refractivity contribution in [3.8, 4) is 0 Å². The normalized spacial score (nSPS) is 10.2. The molecule has 0 aliphatic carbocycles. The van der Waals surface area contributed by atoms with Crippen LogP contribution in [0.15, 0.2) is 36.4 Å². The Balaban J connectivity index is 2.27. The molecule has 2 aromatic rings. The molecule has 4 heteroatoms. The number of hydrogen-bond acceptors (Lipinski definition) is 2. The predicted molar refractivity (Wildman–Crippen MR) is 63.7 cm³/mol. The Morgan fingerprint density at radius 1 is 1.25 bits per heavy atom. The summed E-state index contributed by atoms with van der Waals surface area (Å²) in [6.07, 6.45) is 0. The van der Waals surface area contributed by atoms with E-state index in [9.17, 15) is 4.39 Å². The number of hydrogen-bond donors (Lipinski definition) is 1. The summed E-state index contributed by atoms with van der Waals surface area (Å²) in [4.78, 5) is 4.09. The molecular weight excluding hydrogens is 227 g/mol. The minimum atomic E-state index is -0.248. The first-order chi connectivity index (χ1) is 7.65. The number of pyridine rings is 1. The van der Waals surface area contributed by atoms with E-state index < -0.39 is 0 Å². The van der Waals surface area contributed by atoms with Crippen LogP contribution in [0, 0.1) is 12.7 Å². The molecule has 0 unspecified atom stereocenters. The van der Waals surface area contributed by atoms with Gasteiger partial charge in [-0.1, -0.05) is 17.7 Å². The van der Waals surface area contributed by atoms with Crippen LogP contribution in [0.25, 0.3) is 0 Å². The van der Waals surface area contributed by atoms with E-state index in [-0.39, 0.29) is 5.82 Å². The van der Waals surface area contributed by atoms with Crippen molar-refractivity contribution >= 4 is 23.1 Å². The van der Waals surface area contributed by atoms with Crippen molar-refractivity contribution in [2.24, 2.45) is 0 Å². The third-order valence-electron chi connectivity index (χ3n) is 2.17. The topological polar surface area (TPSA) is 24.9 Å². The molecule has 1 aromatic heterocycles. The van der Waals surface area contributed by atoms with Gasteiger partial charge in [-0.25, -0.2) is 9.37 Å². The third-order valence-corrected chi connectivity index (χ3v) is 2.38. The third kappa shape index (κ3) is 2.49. The standard InChI is InChI=1S/C12H10ClFN2/c1-8-7-9(14)5-6-10(8)15-12-4-2-3-11(13)16-12/h2-7H,1H3,(H,15,16). The quantitative estimate of drug-likeness (QED) is 0.800. The summed E-state index contributed by atoms with van der Waals surface area (Å²) in [5, 5.41) is 3.50. The van der Waals surface area contributed by atoms with E-state index in [0.29, 0.717) is 11.0 Å². The maximum absolute atomic E-state index is 12.9. The second-order valence-corrected chi connectivity index (χ2v) is 3.82. The smallest absolute Gasteiger partial charge is 0.132 e. The van der Waals surface area contributed by atoms with E-state index in [1.807, 2.05) is 6.92 Å². The first kappa shape index (κ1) is 10.9. The van der Waals surface area contributed by atoms with Gasteiger partial charge in [0, 0.05) is 5.69 Å². The molecule has 1 N–H and O–H groups in total. The van der Waals surface area contributed by atoms with Gasteiger partial charge in [-0.15, -0.1) is 0 Å². The molecule has 0 spiro atoms. The summed E-state index contributed by atoms with van der Waals surface area (Å²) in [5.74, 6) is 0.393. The van der Waals surface area contributed by atoms with Crippen molar-refractivity contribution in [1.29, 1.82) is 0 Å². The van der Waals surface area contributed by atoms with Gasteiger partial charge in [0.2, 0.25) is 0 Å². The largest absolute Gasteiger partial charge is 0.340 e. The van der Waals surface area contributed by atoms with Crippen LogP contribution in [0.4, 0.5) is 15.9 Å². The first-order valence-electron chi connectivity index (χ1n) is 4.81. The Kier molecular flexibility index (Phi) is 3.06. The number of nitrogens with one attached hydrogen (secondary N) is 1. The second-order valence-electron chi connectivity index (χ2n) is 3.43. The fourth-order valence-corrected chi connectivity index (χ4v) is 1.55. The molecule has 0 saturated carbocycles. The van der Waals surface area contributed by atoms with Crippen molar-refractivity contribution in [2.75, 3.05) is 5.32 Å². The van der Waals surface area contributed by atoms with Crippen molar-refractivity contribution in [2.45, 2.75) is 6.92 Å². The molecule has 0 atom stereocenters. The summed E-state index contributed by atoms with van der Waals surface area (Å²) in [5.41, 5.74) is 1.64. The van der Waals surface area contributed by atoms with Gasteiger partial charge in [0.1, 0.15) is 16.8 Å². The highest BCUT2D eigenvalue weighted by atomic mass is 35.5. The molecule has 2 nitrogen and oxygen atoms in total. The van der Waals surface area contributed by atoms with Gasteiger partial charge in [-0.3, -0.25) is 0 Å². The molecule has 16 heavy (non-hydrogen) atoms. The van der Waals surface area contributed by atoms with Gasteiger partial charge in [0.15, 0.2) is 0 Å². The second kappa shape index (κ2) is 4.49. The Morgan fingerprint density at radius 2 is 2.06 bits per heavy atom. The summed E-state index contributed by atoms with van der Waals surface area (Å²) in [6, 6.07) is 9.84. The lowest BCUT2D eigenvalue weighted by atomic mass is 10.2. The average molecular weight is 237 g/mol. The minimum absolute atomic E-state index is 0.248. The van der Waals surface area contributed by atoms with Crippen molar-refractivity contribution in [3.63, 3.8) is 0 Å². The molecule has 1 aromatic carbocycles. The number of aromatic nitrogens is 1. The molecule has 2 rings (SSSR count).